The van der Waals surface area contributed by atoms with Crippen LogP contribution in [-0.2, 0) is 0 Å². The summed E-state index contributed by atoms with van der Waals surface area (Å²) in [6, 6.07) is 0. The van der Waals surface area contributed by atoms with Crippen molar-refractivity contribution in [2.24, 2.45) is 0 Å². The third kappa shape index (κ3) is 2.89. The lowest BCUT2D eigenvalue weighted by Gasteiger charge is -1.99. The van der Waals surface area contributed by atoms with Crippen LogP contribution >= 0.6 is 11.3 Å². The molecule has 0 aliphatic rings. The van der Waals surface area contributed by atoms with E-state index in [1.807, 2.05) is 0 Å². The van der Waals surface area contributed by atoms with E-state index in [1.54, 1.807) is 20.8 Å². The Labute approximate surface area is 115 Å². The molecule has 0 nitrogen and oxygen atoms in total. The summed E-state index contributed by atoms with van der Waals surface area (Å²) in [4.78, 5) is 0.397. The van der Waals surface area contributed by atoms with Gasteiger partial charge < -0.3 is 0 Å². The molecule has 0 saturated heterocycles. The first kappa shape index (κ1) is 15.5. The average molecular weight is 284 g/mol. The van der Waals surface area contributed by atoms with Gasteiger partial charge in [-0.15, -0.1) is 11.3 Å². The lowest BCUT2D eigenvalue weighted by Crippen LogP contribution is -1.83. The van der Waals surface area contributed by atoms with Crippen LogP contribution < -0.4 is 0 Å². The maximum atomic E-state index is 14.1. The Hall–Kier alpha value is -1.55. The van der Waals surface area contributed by atoms with Crippen molar-refractivity contribution < 1.29 is 13.2 Å². The van der Waals surface area contributed by atoms with E-state index in [9.17, 15) is 13.2 Å². The van der Waals surface area contributed by atoms with Gasteiger partial charge in [-0.2, -0.15) is 0 Å². The Morgan fingerprint density at radius 2 is 1.42 bits per heavy atom. The summed E-state index contributed by atoms with van der Waals surface area (Å²) in [5, 5.41) is 0. The van der Waals surface area contributed by atoms with E-state index in [-0.39, 0.29) is 4.88 Å². The highest BCUT2D eigenvalue weighted by atomic mass is 32.1. The Morgan fingerprint density at radius 3 is 1.84 bits per heavy atom. The van der Waals surface area contributed by atoms with Crippen LogP contribution in [0.2, 0.25) is 0 Å². The monoisotopic (exact) mass is 284 g/mol. The van der Waals surface area contributed by atoms with E-state index < -0.39 is 17.5 Å². The molecule has 0 aliphatic heterocycles. The molecule has 0 radical (unpaired) electrons. The first-order valence-corrected chi connectivity index (χ1v) is 6.44. The van der Waals surface area contributed by atoms with Gasteiger partial charge in [0, 0.05) is 0 Å². The van der Waals surface area contributed by atoms with Gasteiger partial charge in [-0.05, 0) is 43.5 Å². The molecular formula is C15H15F3S. The van der Waals surface area contributed by atoms with Crippen LogP contribution in [0.4, 0.5) is 13.2 Å². The number of thiophene rings is 1. The molecule has 0 fully saturated rings. The molecule has 0 N–H and O–H groups in total. The zero-order valence-electron chi connectivity index (χ0n) is 11.1. The summed E-state index contributed by atoms with van der Waals surface area (Å²) in [5.41, 5.74) is 1.50. The summed E-state index contributed by atoms with van der Waals surface area (Å²) >= 11 is 0.888. The molecule has 1 aromatic heterocycles. The highest BCUT2D eigenvalue weighted by Crippen LogP contribution is 2.40. The zero-order chi connectivity index (χ0) is 14.7. The van der Waals surface area contributed by atoms with Crippen LogP contribution in [0, 0.1) is 13.8 Å². The van der Waals surface area contributed by atoms with E-state index in [0.717, 1.165) is 17.4 Å². The van der Waals surface area contributed by atoms with Crippen molar-refractivity contribution in [1.82, 2.24) is 0 Å². The fraction of sp³-hybridized carbons (Fsp3) is 0.200. The molecule has 0 amide bonds. The third-order valence-electron chi connectivity index (χ3n) is 2.89. The number of allylic oxidation sites excluding steroid dienone is 4. The highest BCUT2D eigenvalue weighted by Gasteiger charge is 2.20. The number of hydrogen-bond donors (Lipinski definition) is 0. The van der Waals surface area contributed by atoms with Crippen LogP contribution in [0.25, 0.3) is 11.7 Å². The highest BCUT2D eigenvalue weighted by molar-refractivity contribution is 7.14. The Bertz CT molecular complexity index is 538. The minimum absolute atomic E-state index is 0.0944. The van der Waals surface area contributed by atoms with Crippen LogP contribution in [0.3, 0.4) is 0 Å². The van der Waals surface area contributed by atoms with Crippen LogP contribution in [-0.4, -0.2) is 0 Å². The molecule has 0 aliphatic carbocycles. The van der Waals surface area contributed by atoms with Crippen molar-refractivity contribution >= 4 is 23.0 Å². The average Bonchev–Trinajstić information content (AvgIpc) is 2.72. The van der Waals surface area contributed by atoms with Gasteiger partial charge in [-0.25, -0.2) is 13.2 Å². The minimum Gasteiger partial charge on any atom is -0.205 e. The Morgan fingerprint density at radius 1 is 0.947 bits per heavy atom. The van der Waals surface area contributed by atoms with Gasteiger partial charge >= 0.3 is 0 Å². The van der Waals surface area contributed by atoms with Crippen molar-refractivity contribution in [3.8, 4) is 0 Å². The van der Waals surface area contributed by atoms with Crippen molar-refractivity contribution in [2.75, 3.05) is 0 Å². The Balaban J connectivity index is 3.52. The molecule has 0 spiro atoms. The number of rotatable bonds is 4. The van der Waals surface area contributed by atoms with Gasteiger partial charge in [-0.1, -0.05) is 19.2 Å². The van der Waals surface area contributed by atoms with E-state index >= 15 is 0 Å². The molecule has 0 unspecified atom stereocenters. The SMILES string of the molecule is C=C/C(F)=C(/F)c1sc(/C(F)=C(/C)C=C)c(C)c1C. The quantitative estimate of drug-likeness (QED) is 0.591. The van der Waals surface area contributed by atoms with Gasteiger partial charge in [0.05, 0.1) is 9.75 Å². The van der Waals surface area contributed by atoms with Crippen LogP contribution in [0.1, 0.15) is 27.8 Å². The van der Waals surface area contributed by atoms with E-state index in [4.69, 9.17) is 0 Å². The molecule has 19 heavy (non-hydrogen) atoms. The summed E-state index contributed by atoms with van der Waals surface area (Å²) < 4.78 is 41.1. The number of hydrogen-bond acceptors (Lipinski definition) is 1. The first-order chi connectivity index (χ1) is 8.84. The molecular weight excluding hydrogens is 269 g/mol. The largest absolute Gasteiger partial charge is 0.205 e. The maximum absolute atomic E-state index is 14.1. The lowest BCUT2D eigenvalue weighted by molar-refractivity contribution is 0.630. The van der Waals surface area contributed by atoms with E-state index in [1.165, 1.54) is 6.08 Å². The smallest absolute Gasteiger partial charge is 0.176 e. The van der Waals surface area contributed by atoms with Gasteiger partial charge in [-0.3, -0.25) is 0 Å². The van der Waals surface area contributed by atoms with Crippen molar-refractivity contribution in [1.29, 1.82) is 0 Å². The second-order valence-corrected chi connectivity index (χ2v) is 5.10. The third-order valence-corrected chi connectivity index (χ3v) is 4.27. The van der Waals surface area contributed by atoms with E-state index in [2.05, 4.69) is 13.2 Å². The van der Waals surface area contributed by atoms with Gasteiger partial charge in [0.1, 0.15) is 5.83 Å². The first-order valence-electron chi connectivity index (χ1n) is 5.62. The molecule has 1 aromatic rings. The summed E-state index contributed by atoms with van der Waals surface area (Å²) in [6.45, 7) is 11.6. The minimum atomic E-state index is -1.04. The molecule has 0 bridgehead atoms. The second kappa shape index (κ2) is 6.06. The van der Waals surface area contributed by atoms with Gasteiger partial charge in [0.15, 0.2) is 11.7 Å². The second-order valence-electron chi connectivity index (χ2n) is 4.08. The molecule has 4 heteroatoms. The predicted octanol–water partition coefficient (Wildman–Crippen LogP) is 6.05. The maximum Gasteiger partial charge on any atom is 0.176 e. The van der Waals surface area contributed by atoms with Crippen LogP contribution in [0.15, 0.2) is 36.7 Å². The van der Waals surface area contributed by atoms with Crippen molar-refractivity contribution in [3.63, 3.8) is 0 Å². The normalized spacial score (nSPS) is 13.8. The van der Waals surface area contributed by atoms with Crippen molar-refractivity contribution in [2.45, 2.75) is 20.8 Å². The number of halogens is 3. The summed E-state index contributed by atoms with van der Waals surface area (Å²) in [6.07, 6.45) is 2.19. The summed E-state index contributed by atoms with van der Waals surface area (Å²) in [5.74, 6) is -2.50. The standard InChI is InChI=1S/C15H15F3S/c1-6-8(3)12(17)14-9(4)10(5)15(19-14)13(18)11(16)7-2/h6-7H,1-2H2,3-5H3/b12-8+,13-11-. The van der Waals surface area contributed by atoms with E-state index in [0.29, 0.717) is 21.6 Å². The fourth-order valence-corrected chi connectivity index (χ4v) is 2.74. The van der Waals surface area contributed by atoms with Gasteiger partial charge in [0.25, 0.3) is 0 Å². The molecule has 0 aromatic carbocycles. The van der Waals surface area contributed by atoms with Crippen molar-refractivity contribution in [3.05, 3.63) is 57.6 Å². The molecule has 0 saturated carbocycles. The fourth-order valence-electron chi connectivity index (χ4n) is 1.48. The lowest BCUT2D eigenvalue weighted by atomic mass is 10.1. The van der Waals surface area contributed by atoms with Gasteiger partial charge in [0.2, 0.25) is 0 Å². The zero-order valence-corrected chi connectivity index (χ0v) is 11.9. The Kier molecular flexibility index (Phi) is 4.95. The molecule has 0 atom stereocenters. The molecule has 102 valence electrons. The predicted molar refractivity (Wildman–Crippen MR) is 77.0 cm³/mol. The molecule has 1 rings (SSSR count). The van der Waals surface area contributed by atoms with Crippen LogP contribution in [0.5, 0.6) is 0 Å². The summed E-state index contributed by atoms with van der Waals surface area (Å²) in [7, 11) is 0. The molecule has 1 heterocycles. The topological polar surface area (TPSA) is 0 Å².